The standard InChI is InChI=1S/C31H32O6/c1-7-22-17-25(23-8-12-26(13-9-23)36-28(32)18-35-30(33)19(2)3)16-21(6)29(22)24-10-14-27(15-11-24)37-31(34)20(4)5/h8-15,17,21H,2,4,7,16,18H2,1,3,5-6H3. The van der Waals surface area contributed by atoms with Gasteiger partial charge in [-0.3, -0.25) is 0 Å². The van der Waals surface area contributed by atoms with E-state index in [9.17, 15) is 14.4 Å². The van der Waals surface area contributed by atoms with Crippen molar-refractivity contribution in [3.8, 4) is 11.5 Å². The molecule has 0 saturated carbocycles. The molecule has 0 spiro atoms. The molecule has 0 heterocycles. The molecule has 3 rings (SSSR count). The van der Waals surface area contributed by atoms with Crippen molar-refractivity contribution < 1.29 is 28.6 Å². The Morgan fingerprint density at radius 2 is 1.38 bits per heavy atom. The molecule has 0 fully saturated rings. The molecule has 0 bridgehead atoms. The van der Waals surface area contributed by atoms with Gasteiger partial charge in [-0.05, 0) is 84.7 Å². The van der Waals surface area contributed by atoms with Crippen LogP contribution in [0.4, 0.5) is 0 Å². The summed E-state index contributed by atoms with van der Waals surface area (Å²) in [5.41, 5.74) is 6.45. The predicted octanol–water partition coefficient (Wildman–Crippen LogP) is 6.48. The molecule has 1 atom stereocenters. The Bertz CT molecular complexity index is 1280. The van der Waals surface area contributed by atoms with Crippen molar-refractivity contribution in [3.05, 3.63) is 95.6 Å². The van der Waals surface area contributed by atoms with Crippen LogP contribution in [0.15, 0.2) is 84.5 Å². The Balaban J connectivity index is 1.74. The molecule has 1 aliphatic carbocycles. The fourth-order valence-corrected chi connectivity index (χ4v) is 4.10. The molecule has 0 aliphatic heterocycles. The Morgan fingerprint density at radius 3 is 1.92 bits per heavy atom. The normalized spacial score (nSPS) is 14.9. The van der Waals surface area contributed by atoms with Crippen molar-refractivity contribution in [2.24, 2.45) is 5.92 Å². The zero-order chi connectivity index (χ0) is 27.1. The minimum Gasteiger partial charge on any atom is -0.450 e. The molecule has 37 heavy (non-hydrogen) atoms. The summed E-state index contributed by atoms with van der Waals surface area (Å²) in [6.07, 6.45) is 3.94. The van der Waals surface area contributed by atoms with E-state index in [1.807, 2.05) is 36.4 Å². The molecule has 6 nitrogen and oxygen atoms in total. The van der Waals surface area contributed by atoms with Crippen LogP contribution in [0.25, 0.3) is 11.1 Å². The van der Waals surface area contributed by atoms with Gasteiger partial charge in [0, 0.05) is 11.1 Å². The molecule has 6 heteroatoms. The van der Waals surface area contributed by atoms with E-state index in [1.165, 1.54) is 23.6 Å². The highest BCUT2D eigenvalue weighted by molar-refractivity contribution is 5.89. The summed E-state index contributed by atoms with van der Waals surface area (Å²) in [6, 6.07) is 14.9. The average molecular weight is 501 g/mol. The Morgan fingerprint density at radius 1 is 0.838 bits per heavy atom. The molecule has 0 aromatic heterocycles. The van der Waals surface area contributed by atoms with Crippen molar-refractivity contribution in [3.63, 3.8) is 0 Å². The van der Waals surface area contributed by atoms with Crippen molar-refractivity contribution in [2.75, 3.05) is 6.61 Å². The van der Waals surface area contributed by atoms with Gasteiger partial charge in [-0.1, -0.05) is 57.3 Å². The lowest BCUT2D eigenvalue weighted by Crippen LogP contribution is -2.19. The van der Waals surface area contributed by atoms with Crippen LogP contribution < -0.4 is 9.47 Å². The molecule has 0 amide bonds. The van der Waals surface area contributed by atoms with E-state index < -0.39 is 24.5 Å². The largest absolute Gasteiger partial charge is 0.450 e. The highest BCUT2D eigenvalue weighted by atomic mass is 16.6. The Hall–Kier alpha value is -4.19. The number of allylic oxidation sites excluding steroid dienone is 4. The smallest absolute Gasteiger partial charge is 0.349 e. The Labute approximate surface area is 217 Å². The summed E-state index contributed by atoms with van der Waals surface area (Å²) >= 11 is 0. The Kier molecular flexibility index (Phi) is 9.01. The van der Waals surface area contributed by atoms with Crippen LogP contribution in [-0.2, 0) is 19.1 Å². The quantitative estimate of drug-likeness (QED) is 0.223. The van der Waals surface area contributed by atoms with Gasteiger partial charge in [0.05, 0.1) is 0 Å². The molecule has 2 aromatic carbocycles. The first-order valence-corrected chi connectivity index (χ1v) is 12.1. The number of rotatable bonds is 9. The van der Waals surface area contributed by atoms with E-state index in [-0.39, 0.29) is 11.5 Å². The summed E-state index contributed by atoms with van der Waals surface area (Å²) < 4.78 is 15.4. The molecular formula is C31H32O6. The molecule has 192 valence electrons. The molecular weight excluding hydrogens is 468 g/mol. The average Bonchev–Trinajstić information content (AvgIpc) is 2.87. The summed E-state index contributed by atoms with van der Waals surface area (Å²) in [5, 5.41) is 0. The van der Waals surface area contributed by atoms with Gasteiger partial charge < -0.3 is 14.2 Å². The van der Waals surface area contributed by atoms with E-state index >= 15 is 0 Å². The third-order valence-electron chi connectivity index (χ3n) is 5.94. The SMILES string of the molecule is C=C(C)C(=O)OCC(=O)Oc1ccc(C2=CC(CC)=C(c3ccc(OC(=O)C(=C)C)cc3)C(C)C2)cc1. The number of carbonyl (C=O) groups is 3. The van der Waals surface area contributed by atoms with Gasteiger partial charge in [-0.25, -0.2) is 14.4 Å². The summed E-state index contributed by atoms with van der Waals surface area (Å²) in [5.74, 6) is -0.582. The lowest BCUT2D eigenvalue weighted by Gasteiger charge is -2.27. The van der Waals surface area contributed by atoms with Crippen LogP contribution in [0, 0.1) is 5.92 Å². The van der Waals surface area contributed by atoms with Gasteiger partial charge >= 0.3 is 17.9 Å². The molecule has 1 aliphatic rings. The first kappa shape index (κ1) is 27.4. The molecule has 0 radical (unpaired) electrons. The maximum Gasteiger partial charge on any atom is 0.349 e. The van der Waals surface area contributed by atoms with Gasteiger partial charge in [0.1, 0.15) is 11.5 Å². The number of hydrogen-bond donors (Lipinski definition) is 0. The number of esters is 3. The van der Waals surface area contributed by atoms with E-state index in [1.54, 1.807) is 19.1 Å². The van der Waals surface area contributed by atoms with E-state index in [0.717, 1.165) is 24.0 Å². The number of benzene rings is 2. The fraction of sp³-hybridized carbons (Fsp3) is 0.258. The summed E-state index contributed by atoms with van der Waals surface area (Å²) in [4.78, 5) is 35.2. The van der Waals surface area contributed by atoms with Crippen LogP contribution in [0.5, 0.6) is 11.5 Å². The predicted molar refractivity (Wildman–Crippen MR) is 144 cm³/mol. The van der Waals surface area contributed by atoms with E-state index in [2.05, 4.69) is 33.1 Å². The van der Waals surface area contributed by atoms with E-state index in [0.29, 0.717) is 17.1 Å². The highest BCUT2D eigenvalue weighted by Crippen LogP contribution is 2.41. The van der Waals surface area contributed by atoms with Crippen LogP contribution in [0.1, 0.15) is 51.7 Å². The van der Waals surface area contributed by atoms with Crippen molar-refractivity contribution in [2.45, 2.75) is 40.5 Å². The minimum absolute atomic E-state index is 0.219. The van der Waals surface area contributed by atoms with Crippen LogP contribution >= 0.6 is 0 Å². The van der Waals surface area contributed by atoms with Gasteiger partial charge in [-0.15, -0.1) is 0 Å². The number of hydrogen-bond acceptors (Lipinski definition) is 6. The van der Waals surface area contributed by atoms with Gasteiger partial charge in [0.2, 0.25) is 0 Å². The number of ether oxygens (including phenoxy) is 3. The molecule has 0 saturated heterocycles. The molecule has 2 aromatic rings. The van der Waals surface area contributed by atoms with Gasteiger partial charge in [0.15, 0.2) is 6.61 Å². The second-order valence-corrected chi connectivity index (χ2v) is 9.12. The second-order valence-electron chi connectivity index (χ2n) is 9.12. The zero-order valence-electron chi connectivity index (χ0n) is 21.8. The van der Waals surface area contributed by atoms with Crippen molar-refractivity contribution in [1.82, 2.24) is 0 Å². The molecule has 1 unspecified atom stereocenters. The fourth-order valence-electron chi connectivity index (χ4n) is 4.10. The maximum atomic E-state index is 12.0. The summed E-state index contributed by atoms with van der Waals surface area (Å²) in [7, 11) is 0. The minimum atomic E-state index is -0.658. The number of carbonyl (C=O) groups excluding carboxylic acids is 3. The van der Waals surface area contributed by atoms with Crippen molar-refractivity contribution >= 4 is 29.1 Å². The third-order valence-corrected chi connectivity index (χ3v) is 5.94. The van der Waals surface area contributed by atoms with E-state index in [4.69, 9.17) is 14.2 Å². The van der Waals surface area contributed by atoms with Crippen LogP contribution in [-0.4, -0.2) is 24.5 Å². The highest BCUT2D eigenvalue weighted by Gasteiger charge is 2.22. The third kappa shape index (κ3) is 7.17. The maximum absolute atomic E-state index is 12.0. The lowest BCUT2D eigenvalue weighted by molar-refractivity contribution is -0.150. The first-order chi connectivity index (χ1) is 17.6. The summed E-state index contributed by atoms with van der Waals surface area (Å²) in [6.45, 7) is 14.1. The topological polar surface area (TPSA) is 78.9 Å². The second kappa shape index (κ2) is 12.2. The van der Waals surface area contributed by atoms with Crippen LogP contribution in [0.3, 0.4) is 0 Å². The zero-order valence-corrected chi connectivity index (χ0v) is 21.8. The van der Waals surface area contributed by atoms with Gasteiger partial charge in [-0.2, -0.15) is 0 Å². The lowest BCUT2D eigenvalue weighted by atomic mass is 9.78. The monoisotopic (exact) mass is 500 g/mol. The molecule has 0 N–H and O–H groups in total. The van der Waals surface area contributed by atoms with Crippen LogP contribution in [0.2, 0.25) is 0 Å². The first-order valence-electron chi connectivity index (χ1n) is 12.1. The van der Waals surface area contributed by atoms with Gasteiger partial charge in [0.25, 0.3) is 0 Å². The van der Waals surface area contributed by atoms with Crippen molar-refractivity contribution in [1.29, 1.82) is 0 Å².